The van der Waals surface area contributed by atoms with Crippen molar-refractivity contribution in [3.05, 3.63) is 67.3 Å². The van der Waals surface area contributed by atoms with Gasteiger partial charge in [0.1, 0.15) is 0 Å². The lowest BCUT2D eigenvalue weighted by molar-refractivity contribution is 0.936. The van der Waals surface area contributed by atoms with E-state index in [4.69, 9.17) is 0 Å². The lowest BCUT2D eigenvalue weighted by atomic mass is 10.2. The molecule has 0 radical (unpaired) electrons. The van der Waals surface area contributed by atoms with E-state index < -0.39 is 0 Å². The van der Waals surface area contributed by atoms with E-state index in [1.54, 1.807) is 29.5 Å². The van der Waals surface area contributed by atoms with Crippen LogP contribution >= 0.6 is 0 Å². The Kier molecular flexibility index (Phi) is 3.73. The highest BCUT2D eigenvalue weighted by Gasteiger charge is 2.01. The third-order valence-corrected chi connectivity index (χ3v) is 3.02. The molecule has 0 atom stereocenters. The van der Waals surface area contributed by atoms with Crippen LogP contribution in [0.15, 0.2) is 61.7 Å². The van der Waals surface area contributed by atoms with Gasteiger partial charge in [0.2, 0.25) is 0 Å². The molecule has 2 aromatic heterocycles. The summed E-state index contributed by atoms with van der Waals surface area (Å²) in [5.74, 6) is 0.723. The zero-order valence-corrected chi connectivity index (χ0v) is 11.5. The summed E-state index contributed by atoms with van der Waals surface area (Å²) in [7, 11) is 0. The van der Waals surface area contributed by atoms with Crippen LogP contribution in [-0.4, -0.2) is 19.7 Å². The molecule has 0 amide bonds. The Morgan fingerprint density at radius 3 is 2.52 bits per heavy atom. The van der Waals surface area contributed by atoms with Gasteiger partial charge < -0.3 is 5.32 Å². The second kappa shape index (κ2) is 6.00. The molecule has 0 aliphatic heterocycles. The van der Waals surface area contributed by atoms with Crippen molar-refractivity contribution in [2.45, 2.75) is 6.54 Å². The van der Waals surface area contributed by atoms with Gasteiger partial charge in [-0.15, -0.1) is 0 Å². The Bertz CT molecular complexity index is 716. The maximum Gasteiger partial charge on any atom is 0.159 e. The third-order valence-electron chi connectivity index (χ3n) is 3.02. The Hall–Kier alpha value is -2.95. The molecule has 3 rings (SSSR count). The molecule has 0 aliphatic carbocycles. The van der Waals surface area contributed by atoms with Crippen molar-refractivity contribution in [2.24, 2.45) is 0 Å². The summed E-state index contributed by atoms with van der Waals surface area (Å²) in [6.07, 6.45) is 8.94. The first-order valence-corrected chi connectivity index (χ1v) is 6.62. The van der Waals surface area contributed by atoms with Gasteiger partial charge >= 0.3 is 0 Å². The first kappa shape index (κ1) is 13.1. The van der Waals surface area contributed by atoms with Crippen LogP contribution < -0.4 is 5.32 Å². The predicted molar refractivity (Wildman–Crippen MR) is 83.4 cm³/mol. The highest BCUT2D eigenvalue weighted by molar-refractivity contribution is 5.55. The monoisotopic (exact) mass is 277 g/mol. The zero-order valence-electron chi connectivity index (χ0n) is 11.5. The average molecular weight is 277 g/mol. The van der Waals surface area contributed by atoms with Gasteiger partial charge in [-0.25, -0.2) is 14.6 Å². The van der Waals surface area contributed by atoms with Crippen molar-refractivity contribution in [3.63, 3.8) is 0 Å². The van der Waals surface area contributed by atoms with Crippen LogP contribution in [0.25, 0.3) is 17.6 Å². The molecule has 0 bridgehead atoms. The molecule has 0 saturated heterocycles. The summed E-state index contributed by atoms with van der Waals surface area (Å²) in [5, 5.41) is 7.39. The van der Waals surface area contributed by atoms with Crippen molar-refractivity contribution < 1.29 is 0 Å². The van der Waals surface area contributed by atoms with Gasteiger partial charge in [-0.3, -0.25) is 0 Å². The minimum atomic E-state index is 0.669. The number of aromatic nitrogens is 4. The van der Waals surface area contributed by atoms with Gasteiger partial charge in [0.15, 0.2) is 5.82 Å². The van der Waals surface area contributed by atoms with E-state index in [2.05, 4.69) is 27.0 Å². The quantitative estimate of drug-likeness (QED) is 0.778. The number of anilines is 1. The fourth-order valence-electron chi connectivity index (χ4n) is 1.93. The zero-order chi connectivity index (χ0) is 14.5. The molecule has 5 nitrogen and oxygen atoms in total. The van der Waals surface area contributed by atoms with Crippen LogP contribution in [-0.2, 0) is 6.54 Å². The first-order chi connectivity index (χ1) is 10.3. The summed E-state index contributed by atoms with van der Waals surface area (Å²) in [4.78, 5) is 8.74. The number of nitrogens with one attached hydrogen (secondary N) is 1. The Morgan fingerprint density at radius 2 is 1.86 bits per heavy atom. The number of benzene rings is 1. The van der Waals surface area contributed by atoms with Crippen molar-refractivity contribution in [1.29, 1.82) is 0 Å². The highest BCUT2D eigenvalue weighted by atomic mass is 15.2. The molecular formula is C16H15N5. The molecule has 0 fully saturated rings. The molecule has 0 spiro atoms. The summed E-state index contributed by atoms with van der Waals surface area (Å²) in [6.45, 7) is 4.33. The molecular weight excluding hydrogens is 262 g/mol. The Morgan fingerprint density at radius 1 is 1.10 bits per heavy atom. The molecule has 2 heterocycles. The number of hydrogen-bond acceptors (Lipinski definition) is 4. The van der Waals surface area contributed by atoms with Crippen LogP contribution in [0.1, 0.15) is 5.56 Å². The molecule has 5 heteroatoms. The molecule has 1 N–H and O–H groups in total. The molecule has 21 heavy (non-hydrogen) atoms. The normalized spacial score (nSPS) is 10.3. The molecule has 0 aliphatic rings. The van der Waals surface area contributed by atoms with E-state index in [-0.39, 0.29) is 0 Å². The van der Waals surface area contributed by atoms with Crippen molar-refractivity contribution in [3.8, 4) is 11.4 Å². The molecule has 1 aromatic carbocycles. The van der Waals surface area contributed by atoms with Crippen LogP contribution in [0.5, 0.6) is 0 Å². The minimum Gasteiger partial charge on any atom is -0.378 e. The molecule has 0 unspecified atom stereocenters. The number of rotatable bonds is 5. The molecule has 3 aromatic rings. The van der Waals surface area contributed by atoms with Crippen LogP contribution in [0.2, 0.25) is 0 Å². The van der Waals surface area contributed by atoms with Gasteiger partial charge in [0.25, 0.3) is 0 Å². The molecule has 0 saturated carbocycles. The summed E-state index contributed by atoms with van der Waals surface area (Å²) in [6, 6.07) is 9.91. The maximum absolute atomic E-state index is 4.37. The fourth-order valence-corrected chi connectivity index (χ4v) is 1.93. The summed E-state index contributed by atoms with van der Waals surface area (Å²) >= 11 is 0. The summed E-state index contributed by atoms with van der Waals surface area (Å²) in [5.41, 5.74) is 2.96. The van der Waals surface area contributed by atoms with Crippen LogP contribution in [0, 0.1) is 0 Å². The van der Waals surface area contributed by atoms with E-state index in [1.807, 2.05) is 36.5 Å². The lowest BCUT2D eigenvalue weighted by Crippen LogP contribution is -2.00. The first-order valence-electron chi connectivity index (χ1n) is 6.62. The van der Waals surface area contributed by atoms with E-state index in [9.17, 15) is 0 Å². The van der Waals surface area contributed by atoms with Crippen molar-refractivity contribution in [1.82, 2.24) is 19.7 Å². The lowest BCUT2D eigenvalue weighted by Gasteiger charge is -2.05. The fraction of sp³-hybridized carbons (Fsp3) is 0.0625. The second-order valence-corrected chi connectivity index (χ2v) is 4.53. The minimum absolute atomic E-state index is 0.669. The molecule has 104 valence electrons. The second-order valence-electron chi connectivity index (χ2n) is 4.53. The maximum atomic E-state index is 4.37. The number of nitrogens with zero attached hydrogens (tertiary/aromatic N) is 4. The number of hydrogen-bond donors (Lipinski definition) is 1. The predicted octanol–water partition coefficient (Wildman–Crippen LogP) is 3.05. The van der Waals surface area contributed by atoms with E-state index in [0.29, 0.717) is 6.54 Å². The topological polar surface area (TPSA) is 55.6 Å². The van der Waals surface area contributed by atoms with E-state index in [1.165, 1.54) is 0 Å². The van der Waals surface area contributed by atoms with Crippen molar-refractivity contribution in [2.75, 3.05) is 5.32 Å². The smallest absolute Gasteiger partial charge is 0.159 e. The van der Waals surface area contributed by atoms with Crippen molar-refractivity contribution >= 4 is 11.9 Å². The van der Waals surface area contributed by atoms with Gasteiger partial charge in [-0.1, -0.05) is 36.9 Å². The van der Waals surface area contributed by atoms with Crippen LogP contribution in [0.4, 0.5) is 5.69 Å². The van der Waals surface area contributed by atoms with Gasteiger partial charge in [-0.2, -0.15) is 5.10 Å². The van der Waals surface area contributed by atoms with Gasteiger partial charge in [0, 0.05) is 30.1 Å². The largest absolute Gasteiger partial charge is 0.378 e. The SMILES string of the molecule is C=Cn1cc(CNc2cnc(-c3ccccc3)nc2)cn1. The van der Waals surface area contributed by atoms with E-state index in [0.717, 1.165) is 22.6 Å². The third kappa shape index (κ3) is 3.14. The van der Waals surface area contributed by atoms with Gasteiger partial charge in [-0.05, 0) is 0 Å². The Balaban J connectivity index is 1.66. The average Bonchev–Trinajstić information content (AvgIpc) is 3.02. The standard InChI is InChI=1S/C16H15N5/c1-2-21-12-13(9-20-21)8-17-15-10-18-16(19-11-15)14-6-4-3-5-7-14/h2-7,9-12,17H,1,8H2. The Labute approximate surface area is 123 Å². The summed E-state index contributed by atoms with van der Waals surface area (Å²) < 4.78 is 1.67. The van der Waals surface area contributed by atoms with Gasteiger partial charge in [0.05, 0.1) is 24.3 Å². The van der Waals surface area contributed by atoms with E-state index >= 15 is 0 Å². The van der Waals surface area contributed by atoms with Crippen LogP contribution in [0.3, 0.4) is 0 Å². The highest BCUT2D eigenvalue weighted by Crippen LogP contribution is 2.15.